The Balaban J connectivity index is 2.09. The molecule has 2 aliphatic rings. The molecule has 2 aromatic rings. The van der Waals surface area contributed by atoms with Crippen LogP contribution in [0, 0.1) is 45.3 Å². The van der Waals surface area contributed by atoms with Gasteiger partial charge in [-0.1, -0.05) is 43.3 Å². The predicted molar refractivity (Wildman–Crippen MR) is 122 cm³/mol. The summed E-state index contributed by atoms with van der Waals surface area (Å²) in [5.41, 5.74) is 6.72. The standard InChI is InChI=1S/C26H25N5O/c1-3-11-31-12-10-19-20(13-27)25(30)26(15-28,16-29)24(21(19)14-31)23-18-7-5-4-6-17(18)8-9-22(23)32-2/h4-10,21,24H,3,11-12,14,30H2,1-2H3/t21-,24+/m1/s1. The molecular weight excluding hydrogens is 398 g/mol. The van der Waals surface area contributed by atoms with Crippen molar-refractivity contribution in [2.75, 3.05) is 26.7 Å². The van der Waals surface area contributed by atoms with Gasteiger partial charge in [0.2, 0.25) is 0 Å². The summed E-state index contributed by atoms with van der Waals surface area (Å²) >= 11 is 0. The van der Waals surface area contributed by atoms with Crippen molar-refractivity contribution in [3.05, 3.63) is 64.9 Å². The van der Waals surface area contributed by atoms with Crippen molar-refractivity contribution in [2.45, 2.75) is 19.3 Å². The Bertz CT molecular complexity index is 1240. The van der Waals surface area contributed by atoms with Crippen molar-refractivity contribution < 1.29 is 4.74 Å². The van der Waals surface area contributed by atoms with Crippen molar-refractivity contribution in [3.63, 3.8) is 0 Å². The third kappa shape index (κ3) is 3.02. The summed E-state index contributed by atoms with van der Waals surface area (Å²) in [7, 11) is 1.60. The molecule has 0 bridgehead atoms. The van der Waals surface area contributed by atoms with Gasteiger partial charge in [-0.2, -0.15) is 15.8 Å². The van der Waals surface area contributed by atoms with Crippen molar-refractivity contribution in [3.8, 4) is 24.0 Å². The largest absolute Gasteiger partial charge is 0.496 e. The molecule has 0 unspecified atom stereocenters. The number of rotatable bonds is 4. The molecule has 32 heavy (non-hydrogen) atoms. The maximum absolute atomic E-state index is 10.4. The number of hydrogen-bond acceptors (Lipinski definition) is 6. The lowest BCUT2D eigenvalue weighted by Gasteiger charge is -2.46. The quantitative estimate of drug-likeness (QED) is 0.796. The molecule has 160 valence electrons. The Hall–Kier alpha value is -3.79. The van der Waals surface area contributed by atoms with Crippen LogP contribution in [0.5, 0.6) is 5.75 Å². The Labute approximate surface area is 188 Å². The van der Waals surface area contributed by atoms with Crippen LogP contribution in [0.2, 0.25) is 0 Å². The maximum atomic E-state index is 10.4. The number of nitrogens with two attached hydrogens (primary N) is 1. The average molecular weight is 424 g/mol. The first kappa shape index (κ1) is 21.4. The number of benzene rings is 2. The number of nitrogens with zero attached hydrogens (tertiary/aromatic N) is 4. The summed E-state index contributed by atoms with van der Waals surface area (Å²) in [5, 5.41) is 32.6. The summed E-state index contributed by atoms with van der Waals surface area (Å²) in [6, 6.07) is 18.4. The molecule has 0 aromatic heterocycles. The van der Waals surface area contributed by atoms with Gasteiger partial charge >= 0.3 is 0 Å². The molecule has 4 rings (SSSR count). The topological polar surface area (TPSA) is 110 Å². The molecule has 0 amide bonds. The predicted octanol–water partition coefficient (Wildman–Crippen LogP) is 3.98. The van der Waals surface area contributed by atoms with Crippen molar-refractivity contribution >= 4 is 10.8 Å². The van der Waals surface area contributed by atoms with Crippen LogP contribution in [0.1, 0.15) is 24.8 Å². The van der Waals surface area contributed by atoms with E-state index in [1.165, 1.54) is 0 Å². The summed E-state index contributed by atoms with van der Waals surface area (Å²) in [6.07, 6.45) is 3.03. The lowest BCUT2D eigenvalue weighted by atomic mass is 9.57. The van der Waals surface area contributed by atoms with Gasteiger partial charge in [0, 0.05) is 30.5 Å². The summed E-state index contributed by atoms with van der Waals surface area (Å²) < 4.78 is 5.76. The Kier molecular flexibility index (Phi) is 5.62. The highest BCUT2D eigenvalue weighted by atomic mass is 16.5. The second kappa shape index (κ2) is 8.39. The van der Waals surface area contributed by atoms with E-state index in [-0.39, 0.29) is 17.2 Å². The SMILES string of the molecule is CCCN1CC=C2C(C#N)=C(N)C(C#N)(C#N)[C@H](c3c(OC)ccc4ccccc34)[C@@H]2C1. The van der Waals surface area contributed by atoms with Crippen LogP contribution < -0.4 is 10.5 Å². The Morgan fingerprint density at radius 2 is 1.91 bits per heavy atom. The van der Waals surface area contributed by atoms with Gasteiger partial charge in [0.25, 0.3) is 0 Å². The van der Waals surface area contributed by atoms with Gasteiger partial charge in [0.1, 0.15) is 11.8 Å². The van der Waals surface area contributed by atoms with E-state index in [1.54, 1.807) is 7.11 Å². The van der Waals surface area contributed by atoms with Gasteiger partial charge < -0.3 is 10.5 Å². The molecule has 2 N–H and O–H groups in total. The number of hydrogen-bond donors (Lipinski definition) is 1. The molecule has 0 fully saturated rings. The van der Waals surface area contributed by atoms with E-state index in [0.29, 0.717) is 18.8 Å². The molecule has 1 aliphatic heterocycles. The number of fused-ring (bicyclic) bond motifs is 2. The average Bonchev–Trinajstić information content (AvgIpc) is 2.83. The Morgan fingerprint density at radius 3 is 2.56 bits per heavy atom. The van der Waals surface area contributed by atoms with Crippen LogP contribution in [-0.4, -0.2) is 31.6 Å². The summed E-state index contributed by atoms with van der Waals surface area (Å²) in [6.45, 7) is 4.37. The van der Waals surface area contributed by atoms with E-state index >= 15 is 0 Å². The van der Waals surface area contributed by atoms with Gasteiger partial charge in [-0.3, -0.25) is 4.90 Å². The van der Waals surface area contributed by atoms with Crippen LogP contribution >= 0.6 is 0 Å². The molecule has 6 heteroatoms. The second-order valence-corrected chi connectivity index (χ2v) is 8.34. The van der Waals surface area contributed by atoms with Crippen LogP contribution in [-0.2, 0) is 0 Å². The number of nitriles is 3. The smallest absolute Gasteiger partial charge is 0.191 e. The molecule has 1 aliphatic carbocycles. The van der Waals surface area contributed by atoms with Crippen LogP contribution in [0.15, 0.2) is 59.3 Å². The van der Waals surface area contributed by atoms with E-state index in [2.05, 4.69) is 30.0 Å². The van der Waals surface area contributed by atoms with Crippen molar-refractivity contribution in [1.82, 2.24) is 4.90 Å². The minimum Gasteiger partial charge on any atom is -0.496 e. The summed E-state index contributed by atoms with van der Waals surface area (Å²) in [4.78, 5) is 2.30. The van der Waals surface area contributed by atoms with E-state index in [1.807, 2.05) is 42.5 Å². The second-order valence-electron chi connectivity index (χ2n) is 8.34. The number of allylic oxidation sites excluding steroid dienone is 2. The minimum absolute atomic E-state index is 0.0384. The Morgan fingerprint density at radius 1 is 1.16 bits per heavy atom. The third-order valence-corrected chi connectivity index (χ3v) is 6.74. The third-order valence-electron chi connectivity index (χ3n) is 6.74. The molecule has 0 saturated carbocycles. The van der Waals surface area contributed by atoms with Gasteiger partial charge in [-0.25, -0.2) is 0 Å². The van der Waals surface area contributed by atoms with Crippen LogP contribution in [0.25, 0.3) is 10.8 Å². The normalized spacial score (nSPS) is 22.3. The highest BCUT2D eigenvalue weighted by molar-refractivity contribution is 5.89. The zero-order chi connectivity index (χ0) is 22.9. The van der Waals surface area contributed by atoms with Gasteiger partial charge in [0.05, 0.1) is 30.5 Å². The van der Waals surface area contributed by atoms with Crippen LogP contribution in [0.3, 0.4) is 0 Å². The zero-order valence-corrected chi connectivity index (χ0v) is 18.3. The first-order chi connectivity index (χ1) is 15.6. The van der Waals surface area contributed by atoms with E-state index in [4.69, 9.17) is 10.5 Å². The fraction of sp³-hybridized carbons (Fsp3) is 0.346. The lowest BCUT2D eigenvalue weighted by molar-refractivity contribution is 0.206. The van der Waals surface area contributed by atoms with Crippen LogP contribution in [0.4, 0.5) is 0 Å². The van der Waals surface area contributed by atoms with Crippen molar-refractivity contribution in [2.24, 2.45) is 17.1 Å². The van der Waals surface area contributed by atoms with Gasteiger partial charge in [0.15, 0.2) is 5.41 Å². The molecule has 6 nitrogen and oxygen atoms in total. The first-order valence-electron chi connectivity index (χ1n) is 10.8. The molecule has 0 radical (unpaired) electrons. The molecule has 2 atom stereocenters. The molecule has 0 spiro atoms. The zero-order valence-electron chi connectivity index (χ0n) is 18.3. The summed E-state index contributed by atoms with van der Waals surface area (Å²) in [5.74, 6) is -0.207. The monoisotopic (exact) mass is 423 g/mol. The van der Waals surface area contributed by atoms with Crippen molar-refractivity contribution in [1.29, 1.82) is 15.8 Å². The van der Waals surface area contributed by atoms with E-state index in [9.17, 15) is 15.8 Å². The molecule has 0 saturated heterocycles. The number of methoxy groups -OCH3 is 1. The first-order valence-corrected chi connectivity index (χ1v) is 10.8. The molecule has 2 aromatic carbocycles. The van der Waals surface area contributed by atoms with Gasteiger partial charge in [-0.15, -0.1) is 0 Å². The van der Waals surface area contributed by atoms with Gasteiger partial charge in [-0.05, 0) is 35.4 Å². The molecule has 1 heterocycles. The van der Waals surface area contributed by atoms with E-state index < -0.39 is 11.3 Å². The minimum atomic E-state index is -1.68. The molecular formula is C26H25N5O. The fourth-order valence-corrected chi connectivity index (χ4v) is 5.32. The maximum Gasteiger partial charge on any atom is 0.191 e. The van der Waals surface area contributed by atoms with E-state index in [0.717, 1.165) is 34.9 Å². The number of ether oxygens (including phenoxy) is 1. The highest BCUT2D eigenvalue weighted by Crippen LogP contribution is 2.57. The highest BCUT2D eigenvalue weighted by Gasteiger charge is 2.55. The lowest BCUT2D eigenvalue weighted by Crippen LogP contribution is -2.48. The fourth-order valence-electron chi connectivity index (χ4n) is 5.32.